The number of hydrogen-bond donors (Lipinski definition) is 2. The molecule has 2 fully saturated rings. The third-order valence-electron chi connectivity index (χ3n) is 2.94. The smallest absolute Gasteiger partial charge is 0.309 e. The molecule has 0 amide bonds. The standard InChI is InChI=1S/C8H13NO3/c9-5-3-8(4-5)6(7(10)11)1-2-12-8/h5-6H,1-4,9H2,(H,10,11). The van der Waals surface area contributed by atoms with Crippen molar-refractivity contribution in [3.63, 3.8) is 0 Å². The van der Waals surface area contributed by atoms with Crippen molar-refractivity contribution in [1.82, 2.24) is 0 Å². The molecular weight excluding hydrogens is 158 g/mol. The predicted molar refractivity (Wildman–Crippen MR) is 41.6 cm³/mol. The lowest BCUT2D eigenvalue weighted by atomic mass is 9.68. The highest BCUT2D eigenvalue weighted by Gasteiger charge is 2.55. The number of hydrogen-bond acceptors (Lipinski definition) is 3. The van der Waals surface area contributed by atoms with E-state index in [9.17, 15) is 4.79 Å². The average Bonchev–Trinajstić information content (AvgIpc) is 2.30. The van der Waals surface area contributed by atoms with Crippen LogP contribution in [0, 0.1) is 5.92 Å². The van der Waals surface area contributed by atoms with Gasteiger partial charge in [0.2, 0.25) is 0 Å². The summed E-state index contributed by atoms with van der Waals surface area (Å²) in [4.78, 5) is 10.8. The summed E-state index contributed by atoms with van der Waals surface area (Å²) >= 11 is 0. The number of rotatable bonds is 1. The largest absolute Gasteiger partial charge is 0.481 e. The number of carboxylic acid groups (broad SMARTS) is 1. The van der Waals surface area contributed by atoms with Gasteiger partial charge < -0.3 is 15.6 Å². The minimum Gasteiger partial charge on any atom is -0.481 e. The van der Waals surface area contributed by atoms with E-state index in [1.54, 1.807) is 0 Å². The Labute approximate surface area is 70.7 Å². The van der Waals surface area contributed by atoms with Gasteiger partial charge in [0.1, 0.15) is 0 Å². The van der Waals surface area contributed by atoms with E-state index >= 15 is 0 Å². The zero-order chi connectivity index (χ0) is 8.77. The van der Waals surface area contributed by atoms with Crippen LogP contribution in [-0.4, -0.2) is 29.3 Å². The summed E-state index contributed by atoms with van der Waals surface area (Å²) in [5.41, 5.74) is 5.22. The van der Waals surface area contributed by atoms with E-state index in [2.05, 4.69) is 0 Å². The van der Waals surface area contributed by atoms with Gasteiger partial charge in [-0.2, -0.15) is 0 Å². The Morgan fingerprint density at radius 3 is 2.75 bits per heavy atom. The van der Waals surface area contributed by atoms with Gasteiger partial charge in [-0.3, -0.25) is 4.79 Å². The summed E-state index contributed by atoms with van der Waals surface area (Å²) in [6.07, 6.45) is 2.07. The molecule has 1 saturated heterocycles. The third kappa shape index (κ3) is 0.949. The van der Waals surface area contributed by atoms with Crippen molar-refractivity contribution in [1.29, 1.82) is 0 Å². The van der Waals surface area contributed by atoms with E-state index < -0.39 is 11.6 Å². The van der Waals surface area contributed by atoms with Gasteiger partial charge in [0.25, 0.3) is 0 Å². The first-order valence-electron chi connectivity index (χ1n) is 4.26. The molecule has 1 spiro atoms. The molecule has 0 radical (unpaired) electrons. The van der Waals surface area contributed by atoms with E-state index in [0.29, 0.717) is 25.9 Å². The molecule has 0 aromatic heterocycles. The summed E-state index contributed by atoms with van der Waals surface area (Å²) in [7, 11) is 0. The van der Waals surface area contributed by atoms with E-state index in [-0.39, 0.29) is 12.0 Å². The van der Waals surface area contributed by atoms with Crippen LogP contribution >= 0.6 is 0 Å². The second kappa shape index (κ2) is 2.44. The second-order valence-corrected chi connectivity index (χ2v) is 3.76. The predicted octanol–water partition coefficient (Wildman–Crippen LogP) is -0.0326. The second-order valence-electron chi connectivity index (χ2n) is 3.76. The summed E-state index contributed by atoms with van der Waals surface area (Å²) < 4.78 is 5.46. The van der Waals surface area contributed by atoms with Crippen molar-refractivity contribution < 1.29 is 14.6 Å². The minimum atomic E-state index is -0.737. The van der Waals surface area contributed by atoms with Crippen LogP contribution < -0.4 is 5.73 Å². The summed E-state index contributed by atoms with van der Waals surface area (Å²) in [5, 5.41) is 8.88. The van der Waals surface area contributed by atoms with Crippen LogP contribution in [0.3, 0.4) is 0 Å². The van der Waals surface area contributed by atoms with Crippen molar-refractivity contribution in [2.45, 2.75) is 30.9 Å². The first-order chi connectivity index (χ1) is 5.64. The molecule has 1 unspecified atom stereocenters. The Kier molecular flexibility index (Phi) is 1.63. The Hall–Kier alpha value is -0.610. The molecule has 3 N–H and O–H groups in total. The molecule has 0 aromatic carbocycles. The topological polar surface area (TPSA) is 72.5 Å². The average molecular weight is 171 g/mol. The minimum absolute atomic E-state index is 0.143. The molecule has 12 heavy (non-hydrogen) atoms. The number of carbonyl (C=O) groups is 1. The fourth-order valence-corrected chi connectivity index (χ4v) is 2.32. The Balaban J connectivity index is 2.10. The summed E-state index contributed by atoms with van der Waals surface area (Å²) in [6, 6.07) is 0.143. The number of aliphatic carboxylic acids is 1. The number of carboxylic acids is 1. The van der Waals surface area contributed by atoms with Gasteiger partial charge in [-0.25, -0.2) is 0 Å². The monoisotopic (exact) mass is 171 g/mol. The molecule has 1 heterocycles. The van der Waals surface area contributed by atoms with E-state index in [1.807, 2.05) is 0 Å². The molecule has 1 atom stereocenters. The molecule has 0 aromatic rings. The highest BCUT2D eigenvalue weighted by molar-refractivity contribution is 5.72. The zero-order valence-electron chi connectivity index (χ0n) is 6.82. The Bertz CT molecular complexity index is 210. The quantitative estimate of drug-likeness (QED) is 0.581. The fraction of sp³-hybridized carbons (Fsp3) is 0.875. The van der Waals surface area contributed by atoms with Crippen LogP contribution in [0.1, 0.15) is 19.3 Å². The molecular formula is C8H13NO3. The molecule has 1 aliphatic heterocycles. The number of nitrogens with two attached hydrogens (primary N) is 1. The van der Waals surface area contributed by atoms with Crippen LogP contribution in [0.15, 0.2) is 0 Å². The van der Waals surface area contributed by atoms with Crippen molar-refractivity contribution >= 4 is 5.97 Å². The normalized spacial score (nSPS) is 46.1. The van der Waals surface area contributed by atoms with Crippen molar-refractivity contribution in [3.8, 4) is 0 Å². The third-order valence-corrected chi connectivity index (χ3v) is 2.94. The first-order valence-corrected chi connectivity index (χ1v) is 4.26. The maximum absolute atomic E-state index is 10.8. The van der Waals surface area contributed by atoms with Crippen LogP contribution in [0.4, 0.5) is 0 Å². The molecule has 2 aliphatic rings. The van der Waals surface area contributed by atoms with Crippen molar-refractivity contribution in [2.75, 3.05) is 6.61 Å². The lowest BCUT2D eigenvalue weighted by Gasteiger charge is -2.44. The maximum atomic E-state index is 10.8. The SMILES string of the molecule is NC1CC2(C1)OCCC2C(=O)O. The zero-order valence-corrected chi connectivity index (χ0v) is 6.82. The lowest BCUT2D eigenvalue weighted by Crippen LogP contribution is -2.56. The highest BCUT2D eigenvalue weighted by Crippen LogP contribution is 2.46. The van der Waals surface area contributed by atoms with Gasteiger partial charge in [-0.15, -0.1) is 0 Å². The van der Waals surface area contributed by atoms with Gasteiger partial charge >= 0.3 is 5.97 Å². The van der Waals surface area contributed by atoms with Gasteiger partial charge in [-0.05, 0) is 19.3 Å². The van der Waals surface area contributed by atoms with Crippen LogP contribution in [0.5, 0.6) is 0 Å². The molecule has 1 aliphatic carbocycles. The molecule has 0 bridgehead atoms. The number of ether oxygens (including phenoxy) is 1. The summed E-state index contributed by atoms with van der Waals surface area (Å²) in [6.45, 7) is 0.573. The molecule has 4 heteroatoms. The Morgan fingerprint density at radius 2 is 2.25 bits per heavy atom. The molecule has 1 saturated carbocycles. The van der Waals surface area contributed by atoms with Gasteiger partial charge in [0, 0.05) is 12.6 Å². The van der Waals surface area contributed by atoms with Crippen molar-refractivity contribution in [2.24, 2.45) is 11.7 Å². The van der Waals surface area contributed by atoms with Gasteiger partial charge in [0.15, 0.2) is 0 Å². The fourth-order valence-electron chi connectivity index (χ4n) is 2.32. The van der Waals surface area contributed by atoms with Gasteiger partial charge in [-0.1, -0.05) is 0 Å². The molecule has 68 valence electrons. The first kappa shape index (κ1) is 8.01. The van der Waals surface area contributed by atoms with E-state index in [0.717, 1.165) is 0 Å². The van der Waals surface area contributed by atoms with Gasteiger partial charge in [0.05, 0.1) is 11.5 Å². The molecule has 2 rings (SSSR count). The van der Waals surface area contributed by atoms with Crippen molar-refractivity contribution in [3.05, 3.63) is 0 Å². The van der Waals surface area contributed by atoms with E-state index in [4.69, 9.17) is 15.6 Å². The van der Waals surface area contributed by atoms with Crippen LogP contribution in [0.2, 0.25) is 0 Å². The Morgan fingerprint density at radius 1 is 1.58 bits per heavy atom. The maximum Gasteiger partial charge on any atom is 0.309 e. The van der Waals surface area contributed by atoms with Crippen LogP contribution in [0.25, 0.3) is 0 Å². The summed E-state index contributed by atoms with van der Waals surface area (Å²) in [5.74, 6) is -1.06. The van der Waals surface area contributed by atoms with E-state index in [1.165, 1.54) is 0 Å². The highest BCUT2D eigenvalue weighted by atomic mass is 16.5. The lowest BCUT2D eigenvalue weighted by molar-refractivity contribution is -0.156. The molecule has 4 nitrogen and oxygen atoms in total. The van der Waals surface area contributed by atoms with Crippen LogP contribution in [-0.2, 0) is 9.53 Å².